The summed E-state index contributed by atoms with van der Waals surface area (Å²) < 4.78 is 38.6. The number of alkyl halides is 3. The normalized spacial score (nSPS) is 11.3. The SMILES string of the molecule is Cc1[nH]nc(C(N)=O)c1NC(=O)Cn1cc(C(F)(F)F)ccc1=O. The van der Waals surface area contributed by atoms with Crippen molar-refractivity contribution >= 4 is 17.5 Å². The van der Waals surface area contributed by atoms with Crippen LogP contribution in [0.15, 0.2) is 23.1 Å². The number of hydrogen-bond acceptors (Lipinski definition) is 4. The van der Waals surface area contributed by atoms with Crippen molar-refractivity contribution in [1.82, 2.24) is 14.8 Å². The second-order valence-corrected chi connectivity index (χ2v) is 4.87. The Kier molecular flexibility index (Phi) is 4.44. The summed E-state index contributed by atoms with van der Waals surface area (Å²) in [5, 5.41) is 8.35. The molecule has 0 spiro atoms. The lowest BCUT2D eigenvalue weighted by atomic mass is 10.2. The van der Waals surface area contributed by atoms with E-state index in [0.717, 1.165) is 0 Å². The Morgan fingerprint density at radius 3 is 2.62 bits per heavy atom. The molecule has 0 saturated heterocycles. The number of carbonyl (C=O) groups excluding carboxylic acids is 2. The third-order valence-electron chi connectivity index (χ3n) is 3.07. The van der Waals surface area contributed by atoms with Crippen LogP contribution in [0.25, 0.3) is 0 Å². The largest absolute Gasteiger partial charge is 0.417 e. The molecule has 2 aromatic heterocycles. The van der Waals surface area contributed by atoms with Crippen LogP contribution in [0.5, 0.6) is 0 Å². The number of aromatic nitrogens is 3. The molecule has 8 nitrogen and oxygen atoms in total. The molecule has 0 aromatic carbocycles. The van der Waals surface area contributed by atoms with Crippen LogP contribution >= 0.6 is 0 Å². The first-order chi connectivity index (χ1) is 11.1. The fourth-order valence-corrected chi connectivity index (χ4v) is 1.92. The molecule has 24 heavy (non-hydrogen) atoms. The highest BCUT2D eigenvalue weighted by molar-refractivity contribution is 6.02. The number of amides is 2. The molecule has 2 amide bonds. The molecule has 0 fully saturated rings. The zero-order chi connectivity index (χ0) is 18.1. The Morgan fingerprint density at radius 2 is 2.04 bits per heavy atom. The van der Waals surface area contributed by atoms with Crippen LogP contribution in [0.4, 0.5) is 18.9 Å². The van der Waals surface area contributed by atoms with Crippen molar-refractivity contribution in [3.8, 4) is 0 Å². The van der Waals surface area contributed by atoms with Crippen LogP contribution in [0.1, 0.15) is 21.7 Å². The maximum absolute atomic E-state index is 12.7. The number of rotatable bonds is 4. The van der Waals surface area contributed by atoms with Gasteiger partial charge in [0.1, 0.15) is 6.54 Å². The summed E-state index contributed by atoms with van der Waals surface area (Å²) >= 11 is 0. The van der Waals surface area contributed by atoms with E-state index in [4.69, 9.17) is 5.73 Å². The van der Waals surface area contributed by atoms with E-state index in [2.05, 4.69) is 15.5 Å². The van der Waals surface area contributed by atoms with E-state index < -0.39 is 35.7 Å². The summed E-state index contributed by atoms with van der Waals surface area (Å²) in [6, 6.07) is 1.34. The summed E-state index contributed by atoms with van der Waals surface area (Å²) in [7, 11) is 0. The van der Waals surface area contributed by atoms with Gasteiger partial charge in [0.05, 0.1) is 16.9 Å². The second-order valence-electron chi connectivity index (χ2n) is 4.87. The average molecular weight is 343 g/mol. The smallest absolute Gasteiger partial charge is 0.364 e. The van der Waals surface area contributed by atoms with Gasteiger partial charge in [-0.05, 0) is 13.0 Å². The monoisotopic (exact) mass is 343 g/mol. The van der Waals surface area contributed by atoms with Gasteiger partial charge in [0, 0.05) is 12.3 Å². The highest BCUT2D eigenvalue weighted by atomic mass is 19.4. The predicted octanol–water partition coefficient (Wildman–Crippen LogP) is 0.636. The summed E-state index contributed by atoms with van der Waals surface area (Å²) in [5.41, 5.74) is 3.36. The maximum Gasteiger partial charge on any atom is 0.417 e. The third kappa shape index (κ3) is 3.62. The number of aryl methyl sites for hydroxylation is 1. The lowest BCUT2D eigenvalue weighted by Gasteiger charge is -2.11. The van der Waals surface area contributed by atoms with Crippen molar-refractivity contribution in [2.24, 2.45) is 5.73 Å². The highest BCUT2D eigenvalue weighted by Gasteiger charge is 2.31. The van der Waals surface area contributed by atoms with Gasteiger partial charge >= 0.3 is 6.18 Å². The zero-order valence-corrected chi connectivity index (χ0v) is 12.3. The van der Waals surface area contributed by atoms with Crippen LogP contribution in [0, 0.1) is 6.92 Å². The molecule has 11 heteroatoms. The van der Waals surface area contributed by atoms with E-state index in [9.17, 15) is 27.6 Å². The Labute approximate surface area is 132 Å². The molecule has 0 saturated carbocycles. The average Bonchev–Trinajstić information content (AvgIpc) is 2.81. The lowest BCUT2D eigenvalue weighted by molar-refractivity contribution is -0.138. The number of H-pyrrole nitrogens is 1. The Hall–Kier alpha value is -3.11. The van der Waals surface area contributed by atoms with Gasteiger partial charge in [-0.25, -0.2) is 0 Å². The van der Waals surface area contributed by atoms with Gasteiger partial charge in [-0.3, -0.25) is 19.5 Å². The molecule has 2 heterocycles. The van der Waals surface area contributed by atoms with Gasteiger partial charge in [0.25, 0.3) is 11.5 Å². The Morgan fingerprint density at radius 1 is 1.38 bits per heavy atom. The third-order valence-corrected chi connectivity index (χ3v) is 3.07. The quantitative estimate of drug-likeness (QED) is 0.753. The van der Waals surface area contributed by atoms with Crippen LogP contribution in [0.2, 0.25) is 0 Å². The van der Waals surface area contributed by atoms with E-state index in [1.165, 1.54) is 6.92 Å². The fourth-order valence-electron chi connectivity index (χ4n) is 1.92. The highest BCUT2D eigenvalue weighted by Crippen LogP contribution is 2.28. The van der Waals surface area contributed by atoms with Crippen molar-refractivity contribution in [3.63, 3.8) is 0 Å². The van der Waals surface area contributed by atoms with Gasteiger partial charge in [0.2, 0.25) is 5.91 Å². The standard InChI is InChI=1S/C13H12F3N5O3/c1-6-10(11(12(17)24)20-19-6)18-8(22)5-21-4-7(13(14,15)16)2-3-9(21)23/h2-4H,5H2,1H3,(H2,17,24)(H,18,22)(H,19,20). The maximum atomic E-state index is 12.7. The molecule has 0 aliphatic rings. The minimum atomic E-state index is -4.65. The van der Waals surface area contributed by atoms with Crippen molar-refractivity contribution in [2.45, 2.75) is 19.6 Å². The molecule has 0 bridgehead atoms. The molecule has 0 aliphatic carbocycles. The number of hydrogen-bond donors (Lipinski definition) is 3. The van der Waals surface area contributed by atoms with E-state index >= 15 is 0 Å². The van der Waals surface area contributed by atoms with Gasteiger partial charge in [-0.15, -0.1) is 0 Å². The van der Waals surface area contributed by atoms with Gasteiger partial charge in [-0.1, -0.05) is 0 Å². The van der Waals surface area contributed by atoms with E-state index in [-0.39, 0.29) is 11.4 Å². The Bertz CT molecular complexity index is 853. The van der Waals surface area contributed by atoms with Crippen LogP contribution in [0.3, 0.4) is 0 Å². The first-order valence-electron chi connectivity index (χ1n) is 6.52. The summed E-state index contributed by atoms with van der Waals surface area (Å²) in [6.07, 6.45) is -4.11. The van der Waals surface area contributed by atoms with Crippen molar-refractivity contribution in [2.75, 3.05) is 5.32 Å². The number of carbonyl (C=O) groups is 2. The van der Waals surface area contributed by atoms with E-state index in [0.29, 0.717) is 28.6 Å². The van der Waals surface area contributed by atoms with Crippen molar-refractivity contribution in [3.05, 3.63) is 45.6 Å². The van der Waals surface area contributed by atoms with Crippen LogP contribution in [-0.2, 0) is 17.5 Å². The molecular weight excluding hydrogens is 331 g/mol. The van der Waals surface area contributed by atoms with Crippen LogP contribution in [-0.4, -0.2) is 26.6 Å². The first-order valence-corrected chi connectivity index (χ1v) is 6.52. The topological polar surface area (TPSA) is 123 Å². The molecule has 0 aliphatic heterocycles. The van der Waals surface area contributed by atoms with Gasteiger partial charge < -0.3 is 15.6 Å². The molecule has 0 atom stereocenters. The molecule has 0 unspecified atom stereocenters. The Balaban J connectivity index is 2.24. The fraction of sp³-hybridized carbons (Fsp3) is 0.231. The number of pyridine rings is 1. The second kappa shape index (κ2) is 6.18. The number of primary amides is 1. The number of nitrogens with zero attached hydrogens (tertiary/aromatic N) is 2. The van der Waals surface area contributed by atoms with E-state index in [1.54, 1.807) is 0 Å². The molecule has 0 radical (unpaired) electrons. The van der Waals surface area contributed by atoms with Gasteiger partial charge in [-0.2, -0.15) is 18.3 Å². The molecule has 4 N–H and O–H groups in total. The summed E-state index contributed by atoms with van der Waals surface area (Å²) in [5.74, 6) is -1.71. The van der Waals surface area contributed by atoms with Gasteiger partial charge in [0.15, 0.2) is 5.69 Å². The van der Waals surface area contributed by atoms with Crippen molar-refractivity contribution in [1.29, 1.82) is 0 Å². The number of anilines is 1. The minimum Gasteiger partial charge on any atom is -0.364 e. The summed E-state index contributed by atoms with van der Waals surface area (Å²) in [4.78, 5) is 34.8. The van der Waals surface area contributed by atoms with Crippen LogP contribution < -0.4 is 16.6 Å². The molecule has 2 aromatic rings. The van der Waals surface area contributed by atoms with E-state index in [1.807, 2.05) is 0 Å². The number of aromatic amines is 1. The summed E-state index contributed by atoms with van der Waals surface area (Å²) in [6.45, 7) is 0.830. The zero-order valence-electron chi connectivity index (χ0n) is 12.3. The first kappa shape index (κ1) is 17.2. The number of halogens is 3. The minimum absolute atomic E-state index is 0.00697. The van der Waals surface area contributed by atoms with Crippen molar-refractivity contribution < 1.29 is 22.8 Å². The molecule has 128 valence electrons. The lowest BCUT2D eigenvalue weighted by Crippen LogP contribution is -2.28. The predicted molar refractivity (Wildman–Crippen MR) is 76.2 cm³/mol. The molecular formula is C13H12F3N5O3. The number of nitrogens with two attached hydrogens (primary N) is 1. The molecule has 2 rings (SSSR count). The number of nitrogens with one attached hydrogen (secondary N) is 2.